The number of Topliss-reactive ketones (excluding diaryl/α,β-unsaturated/α-hetero) is 1. The number of hydrogen-bond acceptors (Lipinski definition) is 6. The molecule has 0 heterocycles. The molecule has 0 aliphatic heterocycles. The third-order valence-electron chi connectivity index (χ3n) is 21.2. The maximum atomic E-state index is 12.8. The van der Waals surface area contributed by atoms with Crippen molar-refractivity contribution in [3.63, 3.8) is 0 Å². The third kappa shape index (κ3) is 5.85. The molecule has 324 valence electrons. The van der Waals surface area contributed by atoms with Crippen LogP contribution in [-0.2, 0) is 19.1 Å². The van der Waals surface area contributed by atoms with Gasteiger partial charge in [-0.15, -0.1) is 0 Å². The van der Waals surface area contributed by atoms with E-state index in [0.29, 0.717) is 48.2 Å². The number of aliphatic hydroxyl groups excluding tert-OH is 2. The zero-order valence-electron chi connectivity index (χ0n) is 37.8. The van der Waals surface area contributed by atoms with E-state index in [1.165, 1.54) is 24.5 Å². The van der Waals surface area contributed by atoms with Crippen LogP contribution in [0.5, 0.6) is 0 Å². The third-order valence-corrected chi connectivity index (χ3v) is 21.2. The molecule has 0 aromatic carbocycles. The van der Waals surface area contributed by atoms with Gasteiger partial charge in [0.25, 0.3) is 0 Å². The van der Waals surface area contributed by atoms with Crippen LogP contribution in [0, 0.1) is 78.8 Å². The van der Waals surface area contributed by atoms with E-state index in [4.69, 9.17) is 4.74 Å². The van der Waals surface area contributed by atoms with Crippen molar-refractivity contribution in [2.75, 3.05) is 0 Å². The largest absolute Gasteiger partial charge is 0.481 e. The van der Waals surface area contributed by atoms with E-state index in [9.17, 15) is 29.7 Å². The number of aliphatic hydroxyl groups is 2. The lowest BCUT2D eigenvalue weighted by Gasteiger charge is -2.71. The van der Waals surface area contributed by atoms with Gasteiger partial charge in [-0.25, -0.2) is 0 Å². The number of carbonyl (C=O) groups excluding carboxylic acids is 2. The number of allylic oxidation sites excluding steroid dienone is 3. The molecule has 15 unspecified atom stereocenters. The summed E-state index contributed by atoms with van der Waals surface area (Å²) in [6, 6.07) is 0. The molecule has 7 saturated carbocycles. The fraction of sp³-hybridized carbons (Fsp3) is 0.863. The van der Waals surface area contributed by atoms with Crippen molar-refractivity contribution >= 4 is 17.7 Å². The lowest BCUT2D eigenvalue weighted by molar-refractivity contribution is -0.218. The molecule has 7 heteroatoms. The van der Waals surface area contributed by atoms with Gasteiger partial charge in [-0.05, 0) is 164 Å². The maximum absolute atomic E-state index is 12.8. The van der Waals surface area contributed by atoms with Crippen molar-refractivity contribution in [3.8, 4) is 0 Å². The number of ether oxygens (including phenoxy) is 1. The van der Waals surface area contributed by atoms with E-state index in [1.807, 2.05) is 0 Å². The fourth-order valence-corrected chi connectivity index (χ4v) is 17.5. The van der Waals surface area contributed by atoms with Crippen LogP contribution >= 0.6 is 0 Å². The highest BCUT2D eigenvalue weighted by molar-refractivity contribution is 5.87. The standard InChI is InChI=1S/C30H48O4.C21H30O3/c1-25(2)14-15-30(24(33)34)19(16-25)18-8-9-21-27(5)12-11-22(31)26(3,4)20(27)10-13-28(21,6)29(18,7)17-23(30)32;1-13(22)24-15-8-10-20(2)14(12-15)4-5-16-17-6-7-19(23)21(17,3)11-9-18(16)20/h8,19-23,31-32H,9-17H2,1-7H3,(H,33,34);4,15-18H,5-12H2,1-3H3. The molecule has 3 N–H and O–H groups in total. The summed E-state index contributed by atoms with van der Waals surface area (Å²) < 4.78 is 5.50. The summed E-state index contributed by atoms with van der Waals surface area (Å²) in [4.78, 5) is 36.6. The van der Waals surface area contributed by atoms with Crippen LogP contribution in [0.15, 0.2) is 23.3 Å². The Bertz CT molecular complexity index is 1770. The Balaban J connectivity index is 0.000000172. The number of hydrogen-bond donors (Lipinski definition) is 3. The zero-order chi connectivity index (χ0) is 42.2. The highest BCUT2D eigenvalue weighted by Gasteiger charge is 2.71. The quantitative estimate of drug-likeness (QED) is 0.188. The van der Waals surface area contributed by atoms with E-state index in [-0.39, 0.29) is 62.0 Å². The van der Waals surface area contributed by atoms with Gasteiger partial charge >= 0.3 is 11.9 Å². The highest BCUT2D eigenvalue weighted by atomic mass is 16.5. The number of aliphatic carboxylic acids is 1. The first-order valence-corrected chi connectivity index (χ1v) is 23.6. The molecule has 0 aromatic rings. The van der Waals surface area contributed by atoms with Crippen molar-refractivity contribution in [3.05, 3.63) is 23.3 Å². The van der Waals surface area contributed by atoms with Crippen molar-refractivity contribution in [1.29, 1.82) is 0 Å². The molecule has 9 rings (SSSR count). The Labute approximate surface area is 350 Å². The van der Waals surface area contributed by atoms with Crippen molar-refractivity contribution in [2.45, 2.75) is 197 Å². The second-order valence-electron chi connectivity index (χ2n) is 24.3. The predicted molar refractivity (Wildman–Crippen MR) is 226 cm³/mol. The SMILES string of the molecule is CC(=O)OC1CCC2(C)C(=CCC3C4CCC(=O)C4(C)CCC32)C1.CC1(C)CCC2(C(=O)O)C(O)CC3(C)C(=CCC4C5(C)CCC(O)C(C)(C)C5CCC43C)C2C1. The Morgan fingerprint density at radius 1 is 0.724 bits per heavy atom. The maximum Gasteiger partial charge on any atom is 0.312 e. The van der Waals surface area contributed by atoms with Gasteiger partial charge in [-0.2, -0.15) is 0 Å². The smallest absolute Gasteiger partial charge is 0.312 e. The lowest BCUT2D eigenvalue weighted by Crippen LogP contribution is -2.67. The summed E-state index contributed by atoms with van der Waals surface area (Å²) in [6.45, 7) is 22.6. The van der Waals surface area contributed by atoms with Crippen LogP contribution in [0.25, 0.3) is 0 Å². The Morgan fingerprint density at radius 2 is 1.41 bits per heavy atom. The molecule has 0 aromatic heterocycles. The summed E-state index contributed by atoms with van der Waals surface area (Å²) >= 11 is 0. The van der Waals surface area contributed by atoms with Crippen LogP contribution in [0.2, 0.25) is 0 Å². The summed E-state index contributed by atoms with van der Waals surface area (Å²) in [6.07, 6.45) is 20.2. The molecule has 58 heavy (non-hydrogen) atoms. The van der Waals surface area contributed by atoms with Crippen LogP contribution in [0.1, 0.15) is 178 Å². The number of rotatable bonds is 2. The van der Waals surface area contributed by atoms with E-state index >= 15 is 0 Å². The summed E-state index contributed by atoms with van der Waals surface area (Å²) in [5, 5.41) is 33.1. The molecule has 15 atom stereocenters. The van der Waals surface area contributed by atoms with Crippen molar-refractivity contribution in [2.24, 2.45) is 78.8 Å². The topological polar surface area (TPSA) is 121 Å². The number of carboxylic acids is 1. The van der Waals surface area contributed by atoms with Crippen LogP contribution in [-0.4, -0.2) is 51.4 Å². The Morgan fingerprint density at radius 3 is 2.10 bits per heavy atom. The molecule has 7 nitrogen and oxygen atoms in total. The minimum Gasteiger partial charge on any atom is -0.481 e. The van der Waals surface area contributed by atoms with E-state index in [0.717, 1.165) is 89.9 Å². The first kappa shape index (κ1) is 42.7. The first-order valence-electron chi connectivity index (χ1n) is 23.6. The van der Waals surface area contributed by atoms with Gasteiger partial charge in [-0.1, -0.05) is 85.6 Å². The molecule has 0 radical (unpaired) electrons. The van der Waals surface area contributed by atoms with Crippen molar-refractivity contribution < 1.29 is 34.4 Å². The minimum atomic E-state index is -1.04. The molecule has 7 fully saturated rings. The first-order chi connectivity index (χ1) is 26.9. The Kier molecular flexibility index (Phi) is 10.1. The van der Waals surface area contributed by atoms with Crippen molar-refractivity contribution in [1.82, 2.24) is 0 Å². The van der Waals surface area contributed by atoms with Gasteiger partial charge in [0.2, 0.25) is 0 Å². The summed E-state index contributed by atoms with van der Waals surface area (Å²) in [7, 11) is 0. The van der Waals surface area contributed by atoms with Crippen LogP contribution in [0.3, 0.4) is 0 Å². The number of esters is 1. The van der Waals surface area contributed by atoms with E-state index in [1.54, 1.807) is 0 Å². The summed E-state index contributed by atoms with van der Waals surface area (Å²) in [5.74, 6) is 2.42. The average Bonchev–Trinajstić information content (AvgIpc) is 3.44. The minimum absolute atomic E-state index is 0.0218. The second-order valence-corrected chi connectivity index (χ2v) is 24.3. The highest BCUT2D eigenvalue weighted by Crippen LogP contribution is 2.76. The van der Waals surface area contributed by atoms with Gasteiger partial charge in [0.05, 0.1) is 12.2 Å². The molecule has 0 bridgehead atoms. The molecule has 9 aliphatic rings. The lowest BCUT2D eigenvalue weighted by atomic mass is 9.33. The molecule has 0 spiro atoms. The normalized spacial score (nSPS) is 50.9. The van der Waals surface area contributed by atoms with Gasteiger partial charge in [-0.3, -0.25) is 14.4 Å². The molecule has 0 amide bonds. The number of ketones is 1. The number of fused-ring (bicyclic) bond motifs is 12. The van der Waals surface area contributed by atoms with Gasteiger partial charge in [0.15, 0.2) is 0 Å². The molecular weight excluding hydrogens is 725 g/mol. The monoisotopic (exact) mass is 803 g/mol. The van der Waals surface area contributed by atoms with E-state index in [2.05, 4.69) is 74.5 Å². The number of carboxylic acid groups (broad SMARTS) is 1. The van der Waals surface area contributed by atoms with E-state index < -0.39 is 17.5 Å². The predicted octanol–water partition coefficient (Wildman–Crippen LogP) is 10.7. The van der Waals surface area contributed by atoms with Gasteiger partial charge < -0.3 is 20.1 Å². The average molecular weight is 803 g/mol. The molecular formula is C51H78O7. The van der Waals surface area contributed by atoms with Gasteiger partial charge in [0.1, 0.15) is 17.3 Å². The second kappa shape index (κ2) is 13.8. The zero-order valence-corrected chi connectivity index (χ0v) is 37.8. The molecule has 9 aliphatic carbocycles. The van der Waals surface area contributed by atoms with Crippen LogP contribution in [0.4, 0.5) is 0 Å². The Hall–Kier alpha value is -1.99. The number of carbonyl (C=O) groups is 3. The fourth-order valence-electron chi connectivity index (χ4n) is 17.5. The van der Waals surface area contributed by atoms with Crippen LogP contribution < -0.4 is 0 Å². The summed E-state index contributed by atoms with van der Waals surface area (Å²) in [5.41, 5.74) is 2.03. The van der Waals surface area contributed by atoms with Gasteiger partial charge in [0, 0.05) is 25.2 Å². The molecule has 0 saturated heterocycles.